The van der Waals surface area contributed by atoms with E-state index in [0.717, 1.165) is 12.3 Å². The highest BCUT2D eigenvalue weighted by Gasteiger charge is 2.15. The molecule has 0 fully saturated rings. The molecule has 88 valence electrons. The lowest BCUT2D eigenvalue weighted by atomic mass is 10.2. The summed E-state index contributed by atoms with van der Waals surface area (Å²) in [6.45, 7) is 0.344. The molecule has 6 heteroatoms. The summed E-state index contributed by atoms with van der Waals surface area (Å²) in [7, 11) is 0. The number of carbonyl (C=O) groups is 1. The molecule has 1 heterocycles. The first-order valence-corrected chi connectivity index (χ1v) is 4.86. The van der Waals surface area contributed by atoms with Crippen LogP contribution >= 0.6 is 0 Å². The number of halogens is 2. The van der Waals surface area contributed by atoms with Crippen LogP contribution in [0, 0.1) is 11.8 Å². The predicted molar refractivity (Wildman–Crippen MR) is 52.8 cm³/mol. The van der Waals surface area contributed by atoms with Gasteiger partial charge in [-0.25, -0.2) is 9.37 Å². The van der Waals surface area contributed by atoms with Gasteiger partial charge < -0.3 is 10.4 Å². The highest BCUT2D eigenvalue weighted by atomic mass is 19.2. The summed E-state index contributed by atoms with van der Waals surface area (Å²) in [5, 5.41) is 10.9. The Morgan fingerprint density at radius 1 is 1.44 bits per heavy atom. The highest BCUT2D eigenvalue weighted by Crippen LogP contribution is 2.08. The maximum atomic E-state index is 13.1. The SMILES string of the molecule is O=C(NCCCCO)c1ccnc(F)c1F. The average Bonchev–Trinajstić information content (AvgIpc) is 2.28. The second-order valence-electron chi connectivity index (χ2n) is 3.15. The van der Waals surface area contributed by atoms with Crippen LogP contribution < -0.4 is 5.32 Å². The number of nitrogens with zero attached hydrogens (tertiary/aromatic N) is 1. The molecule has 1 amide bonds. The zero-order valence-corrected chi connectivity index (χ0v) is 8.54. The van der Waals surface area contributed by atoms with E-state index in [4.69, 9.17) is 5.11 Å². The minimum Gasteiger partial charge on any atom is -0.396 e. The van der Waals surface area contributed by atoms with Crippen LogP contribution in [0.25, 0.3) is 0 Å². The van der Waals surface area contributed by atoms with Crippen molar-refractivity contribution in [2.75, 3.05) is 13.2 Å². The van der Waals surface area contributed by atoms with E-state index in [1.54, 1.807) is 0 Å². The molecule has 1 aromatic rings. The summed E-state index contributed by atoms with van der Waals surface area (Å²) in [4.78, 5) is 14.4. The van der Waals surface area contributed by atoms with Crippen molar-refractivity contribution >= 4 is 5.91 Å². The second kappa shape index (κ2) is 6.12. The summed E-state index contributed by atoms with van der Waals surface area (Å²) in [6, 6.07) is 1.11. The van der Waals surface area contributed by atoms with Crippen molar-refractivity contribution < 1.29 is 18.7 Å². The Labute approximate surface area is 91.3 Å². The number of rotatable bonds is 5. The van der Waals surface area contributed by atoms with E-state index in [9.17, 15) is 13.6 Å². The minimum atomic E-state index is -1.29. The Morgan fingerprint density at radius 3 is 2.88 bits per heavy atom. The third-order valence-electron chi connectivity index (χ3n) is 1.96. The lowest BCUT2D eigenvalue weighted by Gasteiger charge is -2.05. The van der Waals surface area contributed by atoms with Crippen LogP contribution in [-0.4, -0.2) is 29.1 Å². The van der Waals surface area contributed by atoms with Crippen molar-refractivity contribution in [3.05, 3.63) is 29.6 Å². The van der Waals surface area contributed by atoms with Crippen molar-refractivity contribution in [3.8, 4) is 0 Å². The molecule has 0 aliphatic rings. The number of aliphatic hydroxyl groups excluding tert-OH is 1. The van der Waals surface area contributed by atoms with Crippen LogP contribution in [-0.2, 0) is 0 Å². The van der Waals surface area contributed by atoms with Crippen molar-refractivity contribution in [2.45, 2.75) is 12.8 Å². The van der Waals surface area contributed by atoms with Crippen LogP contribution in [0.4, 0.5) is 8.78 Å². The van der Waals surface area contributed by atoms with Gasteiger partial charge in [0.15, 0.2) is 5.82 Å². The molecule has 0 bridgehead atoms. The van der Waals surface area contributed by atoms with Gasteiger partial charge in [0.2, 0.25) is 5.95 Å². The number of nitrogens with one attached hydrogen (secondary N) is 1. The number of amides is 1. The molecule has 1 rings (SSSR count). The zero-order chi connectivity index (χ0) is 12.0. The number of aromatic nitrogens is 1. The maximum absolute atomic E-state index is 13.1. The number of hydrogen-bond acceptors (Lipinski definition) is 3. The standard InChI is InChI=1S/C10H12F2N2O2/c11-8-7(3-5-13-9(8)12)10(16)14-4-1-2-6-15/h3,5,15H,1-2,4,6H2,(H,14,16). The molecule has 1 aromatic heterocycles. The Kier molecular flexibility index (Phi) is 4.78. The van der Waals surface area contributed by atoms with Gasteiger partial charge >= 0.3 is 0 Å². The Balaban J connectivity index is 2.56. The highest BCUT2D eigenvalue weighted by molar-refractivity contribution is 5.94. The predicted octanol–water partition coefficient (Wildman–Crippen LogP) is 0.862. The molecule has 0 spiro atoms. The van der Waals surface area contributed by atoms with Crippen LogP contribution in [0.2, 0.25) is 0 Å². The lowest BCUT2D eigenvalue weighted by Crippen LogP contribution is -2.26. The number of aliphatic hydroxyl groups is 1. The van der Waals surface area contributed by atoms with Gasteiger partial charge in [-0.3, -0.25) is 4.79 Å². The van der Waals surface area contributed by atoms with Gasteiger partial charge in [0.1, 0.15) is 0 Å². The van der Waals surface area contributed by atoms with Gasteiger partial charge in [-0.1, -0.05) is 0 Å². The topological polar surface area (TPSA) is 62.2 Å². The molecule has 4 nitrogen and oxygen atoms in total. The molecule has 0 aliphatic carbocycles. The summed E-state index contributed by atoms with van der Waals surface area (Å²) in [6.07, 6.45) is 2.16. The third-order valence-corrected chi connectivity index (χ3v) is 1.96. The summed E-state index contributed by atoms with van der Waals surface area (Å²) in [5.41, 5.74) is -0.364. The smallest absolute Gasteiger partial charge is 0.254 e. The summed E-state index contributed by atoms with van der Waals surface area (Å²) < 4.78 is 25.8. The molecule has 0 aliphatic heterocycles. The van der Waals surface area contributed by atoms with Gasteiger partial charge in [0, 0.05) is 19.3 Å². The van der Waals surface area contributed by atoms with E-state index in [1.807, 2.05) is 0 Å². The van der Waals surface area contributed by atoms with Gasteiger partial charge in [0.25, 0.3) is 5.91 Å². The number of carbonyl (C=O) groups excluding carboxylic acids is 1. The number of hydrogen-bond donors (Lipinski definition) is 2. The molecular formula is C10H12F2N2O2. The van der Waals surface area contributed by atoms with E-state index in [1.165, 1.54) is 0 Å². The van der Waals surface area contributed by atoms with Crippen LogP contribution in [0.15, 0.2) is 12.3 Å². The fourth-order valence-electron chi connectivity index (χ4n) is 1.13. The lowest BCUT2D eigenvalue weighted by molar-refractivity contribution is 0.0946. The average molecular weight is 230 g/mol. The monoisotopic (exact) mass is 230 g/mol. The largest absolute Gasteiger partial charge is 0.396 e. The molecule has 0 saturated heterocycles. The Morgan fingerprint density at radius 2 is 2.19 bits per heavy atom. The Hall–Kier alpha value is -1.56. The summed E-state index contributed by atoms with van der Waals surface area (Å²) in [5.74, 6) is -3.22. The second-order valence-corrected chi connectivity index (χ2v) is 3.15. The molecule has 0 atom stereocenters. The molecule has 0 radical (unpaired) electrons. The first-order valence-electron chi connectivity index (χ1n) is 4.86. The molecule has 0 aromatic carbocycles. The minimum absolute atomic E-state index is 0.0358. The fraction of sp³-hybridized carbons (Fsp3) is 0.400. The normalized spacial score (nSPS) is 10.2. The van der Waals surface area contributed by atoms with Crippen molar-refractivity contribution in [1.29, 1.82) is 0 Å². The molecule has 2 N–H and O–H groups in total. The zero-order valence-electron chi connectivity index (χ0n) is 8.54. The van der Waals surface area contributed by atoms with Gasteiger partial charge in [-0.15, -0.1) is 0 Å². The van der Waals surface area contributed by atoms with Crippen molar-refractivity contribution in [2.24, 2.45) is 0 Å². The molecular weight excluding hydrogens is 218 g/mol. The van der Waals surface area contributed by atoms with E-state index in [2.05, 4.69) is 10.3 Å². The number of unbranched alkanes of at least 4 members (excludes halogenated alkanes) is 1. The van der Waals surface area contributed by atoms with Crippen LogP contribution in [0.1, 0.15) is 23.2 Å². The first kappa shape index (κ1) is 12.5. The van der Waals surface area contributed by atoms with Crippen LogP contribution in [0.5, 0.6) is 0 Å². The van der Waals surface area contributed by atoms with Crippen molar-refractivity contribution in [3.63, 3.8) is 0 Å². The van der Waals surface area contributed by atoms with E-state index in [-0.39, 0.29) is 12.2 Å². The van der Waals surface area contributed by atoms with Crippen LogP contribution in [0.3, 0.4) is 0 Å². The maximum Gasteiger partial charge on any atom is 0.254 e. The quantitative estimate of drug-likeness (QED) is 0.582. The third kappa shape index (κ3) is 3.23. The molecule has 0 unspecified atom stereocenters. The summed E-state index contributed by atoms with van der Waals surface area (Å²) >= 11 is 0. The van der Waals surface area contributed by atoms with E-state index in [0.29, 0.717) is 19.4 Å². The first-order chi connectivity index (χ1) is 7.66. The van der Waals surface area contributed by atoms with E-state index >= 15 is 0 Å². The molecule has 16 heavy (non-hydrogen) atoms. The Bertz CT molecular complexity index is 372. The fourth-order valence-corrected chi connectivity index (χ4v) is 1.13. The van der Waals surface area contributed by atoms with Gasteiger partial charge in [-0.05, 0) is 18.9 Å². The van der Waals surface area contributed by atoms with Crippen molar-refractivity contribution in [1.82, 2.24) is 10.3 Å². The number of pyridine rings is 1. The molecule has 0 saturated carbocycles. The van der Waals surface area contributed by atoms with E-state index < -0.39 is 17.7 Å². The van der Waals surface area contributed by atoms with Gasteiger partial charge in [-0.2, -0.15) is 4.39 Å². The van der Waals surface area contributed by atoms with Gasteiger partial charge in [0.05, 0.1) is 5.56 Å².